The predicted octanol–water partition coefficient (Wildman–Crippen LogP) is 2.44. The zero-order chi connectivity index (χ0) is 16.2. The summed E-state index contributed by atoms with van der Waals surface area (Å²) in [6.07, 6.45) is 0.765. The molecule has 2 aromatic carbocycles. The van der Waals surface area contributed by atoms with E-state index in [4.69, 9.17) is 5.73 Å². The number of benzene rings is 2. The number of hydrogen-bond donors (Lipinski definition) is 2. The Labute approximate surface area is 144 Å². The van der Waals surface area contributed by atoms with Crippen LogP contribution in [0.4, 0.5) is 0 Å². The second-order valence-corrected chi connectivity index (χ2v) is 7.15. The molecule has 0 bridgehead atoms. The Morgan fingerprint density at radius 1 is 1.17 bits per heavy atom. The minimum absolute atomic E-state index is 0. The van der Waals surface area contributed by atoms with E-state index in [2.05, 4.69) is 4.72 Å². The average molecular weight is 358 g/mol. The number of nitrogens with two attached hydrogens (primary N) is 1. The van der Waals surface area contributed by atoms with E-state index in [1.54, 1.807) is 7.05 Å². The van der Waals surface area contributed by atoms with E-state index >= 15 is 0 Å². The molecule has 0 aliphatic heterocycles. The van der Waals surface area contributed by atoms with Gasteiger partial charge in [0.25, 0.3) is 10.2 Å². The highest BCUT2D eigenvalue weighted by molar-refractivity contribution is 7.87. The summed E-state index contributed by atoms with van der Waals surface area (Å²) in [7, 11) is -1.96. The van der Waals surface area contributed by atoms with Crippen molar-refractivity contribution in [3.63, 3.8) is 0 Å². The maximum Gasteiger partial charge on any atom is 0.279 e. The number of rotatable bonds is 7. The second kappa shape index (κ2) is 8.61. The van der Waals surface area contributed by atoms with Crippen LogP contribution in [0.2, 0.25) is 0 Å². The van der Waals surface area contributed by atoms with E-state index in [-0.39, 0.29) is 19.0 Å². The number of hydrogen-bond acceptors (Lipinski definition) is 3. The normalized spacial score (nSPS) is 13.0. The molecule has 2 rings (SSSR count). The summed E-state index contributed by atoms with van der Waals surface area (Å²) in [4.78, 5) is 0. The molecule has 0 saturated heterocycles. The summed E-state index contributed by atoms with van der Waals surface area (Å²) in [5.74, 6) is 0. The van der Waals surface area contributed by atoms with Gasteiger partial charge in [-0.15, -0.1) is 12.4 Å². The molecule has 0 radical (unpaired) electrons. The van der Waals surface area contributed by atoms with Gasteiger partial charge in [-0.3, -0.25) is 0 Å². The molecule has 0 spiro atoms. The minimum Gasteiger partial charge on any atom is -0.329 e. The smallest absolute Gasteiger partial charge is 0.279 e. The molecule has 0 heterocycles. The lowest BCUT2D eigenvalue weighted by Crippen LogP contribution is -2.42. The van der Waals surface area contributed by atoms with Gasteiger partial charge in [0.15, 0.2) is 0 Å². The molecule has 1 unspecified atom stereocenters. The average Bonchev–Trinajstić information content (AvgIpc) is 2.52. The maximum absolute atomic E-state index is 12.3. The number of fused-ring (bicyclic) bond motifs is 1. The summed E-state index contributed by atoms with van der Waals surface area (Å²) in [5.41, 5.74) is 6.65. The Morgan fingerprint density at radius 3 is 2.43 bits per heavy atom. The second-order valence-electron chi connectivity index (χ2n) is 5.34. The van der Waals surface area contributed by atoms with Crippen LogP contribution in [0.25, 0.3) is 10.8 Å². The molecule has 0 amide bonds. The Balaban J connectivity index is 0.00000264. The first-order valence-corrected chi connectivity index (χ1v) is 8.84. The van der Waals surface area contributed by atoms with Crippen molar-refractivity contribution >= 4 is 33.4 Å². The topological polar surface area (TPSA) is 75.4 Å². The van der Waals surface area contributed by atoms with Crippen LogP contribution < -0.4 is 10.5 Å². The molecule has 2 aromatic rings. The van der Waals surface area contributed by atoms with Gasteiger partial charge in [0.05, 0.1) is 6.04 Å². The van der Waals surface area contributed by atoms with Crippen molar-refractivity contribution in [3.05, 3.63) is 48.0 Å². The van der Waals surface area contributed by atoms with Crippen LogP contribution in [0.3, 0.4) is 0 Å². The lowest BCUT2D eigenvalue weighted by atomic mass is 10.0. The third-order valence-electron chi connectivity index (χ3n) is 3.65. The first-order valence-electron chi connectivity index (χ1n) is 7.40. The molecule has 7 heteroatoms. The van der Waals surface area contributed by atoms with Crippen LogP contribution in [0.5, 0.6) is 0 Å². The van der Waals surface area contributed by atoms with Crippen molar-refractivity contribution in [2.45, 2.75) is 19.4 Å². The van der Waals surface area contributed by atoms with Crippen LogP contribution in [0.15, 0.2) is 42.5 Å². The predicted molar refractivity (Wildman–Crippen MR) is 98.0 cm³/mol. The van der Waals surface area contributed by atoms with Gasteiger partial charge in [-0.1, -0.05) is 43.3 Å². The lowest BCUT2D eigenvalue weighted by molar-refractivity contribution is 0.447. The molecular weight excluding hydrogens is 334 g/mol. The Morgan fingerprint density at radius 2 is 1.83 bits per heavy atom. The fraction of sp³-hybridized carbons (Fsp3) is 0.375. The highest BCUT2D eigenvalue weighted by Gasteiger charge is 2.22. The monoisotopic (exact) mass is 357 g/mol. The van der Waals surface area contributed by atoms with E-state index < -0.39 is 16.3 Å². The molecule has 0 aliphatic carbocycles. The molecule has 0 fully saturated rings. The summed E-state index contributed by atoms with van der Waals surface area (Å²) in [6, 6.07) is 13.4. The Bertz CT molecular complexity index is 737. The minimum atomic E-state index is -3.53. The molecule has 128 valence electrons. The van der Waals surface area contributed by atoms with Crippen molar-refractivity contribution < 1.29 is 8.42 Å². The van der Waals surface area contributed by atoms with Crippen LogP contribution in [-0.4, -0.2) is 32.9 Å². The lowest BCUT2D eigenvalue weighted by Gasteiger charge is -2.22. The van der Waals surface area contributed by atoms with Gasteiger partial charge in [-0.05, 0) is 28.8 Å². The molecule has 1 atom stereocenters. The van der Waals surface area contributed by atoms with E-state index in [1.165, 1.54) is 4.31 Å². The number of nitrogens with one attached hydrogen (secondary N) is 1. The fourth-order valence-electron chi connectivity index (χ4n) is 2.38. The highest BCUT2D eigenvalue weighted by atomic mass is 35.5. The van der Waals surface area contributed by atoms with Crippen LogP contribution >= 0.6 is 12.4 Å². The largest absolute Gasteiger partial charge is 0.329 e. The van der Waals surface area contributed by atoms with E-state index in [0.29, 0.717) is 6.54 Å². The van der Waals surface area contributed by atoms with E-state index in [9.17, 15) is 8.42 Å². The quantitative estimate of drug-likeness (QED) is 0.799. The van der Waals surface area contributed by atoms with Gasteiger partial charge in [-0.25, -0.2) is 0 Å². The zero-order valence-corrected chi connectivity index (χ0v) is 15.0. The van der Waals surface area contributed by atoms with Crippen molar-refractivity contribution in [3.8, 4) is 0 Å². The van der Waals surface area contributed by atoms with Gasteiger partial charge in [0.1, 0.15) is 0 Å². The molecule has 3 N–H and O–H groups in total. The third kappa shape index (κ3) is 4.89. The fourth-order valence-corrected chi connectivity index (χ4v) is 3.58. The molecule has 5 nitrogen and oxygen atoms in total. The van der Waals surface area contributed by atoms with Gasteiger partial charge in [0.2, 0.25) is 0 Å². The summed E-state index contributed by atoms with van der Waals surface area (Å²) in [6.45, 7) is 2.62. The Hall–Kier alpha value is -1.18. The molecule has 23 heavy (non-hydrogen) atoms. The highest BCUT2D eigenvalue weighted by Crippen LogP contribution is 2.20. The zero-order valence-electron chi connectivity index (χ0n) is 13.4. The van der Waals surface area contributed by atoms with Crippen molar-refractivity contribution in [1.29, 1.82) is 0 Å². The maximum atomic E-state index is 12.3. The molecule has 0 aromatic heterocycles. The van der Waals surface area contributed by atoms with Gasteiger partial charge >= 0.3 is 0 Å². The Kier molecular flexibility index (Phi) is 7.44. The van der Waals surface area contributed by atoms with Gasteiger partial charge in [0, 0.05) is 20.1 Å². The number of halogens is 1. The van der Waals surface area contributed by atoms with Crippen molar-refractivity contribution in [1.82, 2.24) is 9.03 Å². The van der Waals surface area contributed by atoms with Crippen molar-refractivity contribution in [2.75, 3.05) is 20.1 Å². The first kappa shape index (κ1) is 19.9. The molecule has 0 saturated carbocycles. The van der Waals surface area contributed by atoms with Crippen LogP contribution in [-0.2, 0) is 10.2 Å². The van der Waals surface area contributed by atoms with Crippen LogP contribution in [0.1, 0.15) is 24.9 Å². The summed E-state index contributed by atoms with van der Waals surface area (Å²) in [5, 5.41) is 2.19. The summed E-state index contributed by atoms with van der Waals surface area (Å²) >= 11 is 0. The molecular formula is C16H24ClN3O2S. The van der Waals surface area contributed by atoms with Gasteiger partial charge in [-0.2, -0.15) is 17.4 Å². The SMILES string of the molecule is CCCN(C)S(=O)(=O)NC(CN)c1ccc2ccccc2c1.Cl. The first-order chi connectivity index (χ1) is 10.5. The van der Waals surface area contributed by atoms with Crippen molar-refractivity contribution in [2.24, 2.45) is 5.73 Å². The van der Waals surface area contributed by atoms with E-state index in [1.807, 2.05) is 49.4 Å². The summed E-state index contributed by atoms with van der Waals surface area (Å²) < 4.78 is 28.6. The number of nitrogens with zero attached hydrogens (tertiary/aromatic N) is 1. The molecule has 0 aliphatic rings. The third-order valence-corrected chi connectivity index (χ3v) is 5.24. The van der Waals surface area contributed by atoms with Crippen LogP contribution in [0, 0.1) is 0 Å². The van der Waals surface area contributed by atoms with E-state index in [0.717, 1.165) is 22.8 Å². The standard InChI is InChI=1S/C16H23N3O2S.ClH/c1-3-10-19(2)22(20,21)18-16(12-17)15-9-8-13-6-4-5-7-14(13)11-15;/h4-9,11,16,18H,3,10,12,17H2,1-2H3;1H. The van der Waals surface area contributed by atoms with Gasteiger partial charge < -0.3 is 5.73 Å².